The highest BCUT2D eigenvalue weighted by Gasteiger charge is 2.18. The third-order valence-corrected chi connectivity index (χ3v) is 4.89. The minimum atomic E-state index is -0.453. The molecule has 0 radical (unpaired) electrons. The Balaban J connectivity index is 2.09. The third-order valence-electron chi connectivity index (χ3n) is 4.73. The molecule has 0 amide bonds. The largest absolute Gasteiger partial charge is 0.497 e. The molecule has 3 rings (SSSR count). The average Bonchev–Trinajstić information content (AvgIpc) is 3.11. The maximum atomic E-state index is 12.8. The highest BCUT2D eigenvalue weighted by molar-refractivity contribution is 6.29. The number of imidazole rings is 1. The van der Waals surface area contributed by atoms with Crippen LogP contribution in [0.2, 0.25) is 0 Å². The van der Waals surface area contributed by atoms with Gasteiger partial charge in [0.2, 0.25) is 5.95 Å². The number of hydrazone groups is 1. The molecule has 0 saturated carbocycles. The van der Waals surface area contributed by atoms with Crippen molar-refractivity contribution in [2.45, 2.75) is 20.4 Å². The van der Waals surface area contributed by atoms with Gasteiger partial charge in [-0.05, 0) is 43.7 Å². The minimum absolute atomic E-state index is 0.267. The Hall–Kier alpha value is -3.33. The van der Waals surface area contributed by atoms with Crippen LogP contribution in [0.5, 0.6) is 5.75 Å². The summed E-state index contributed by atoms with van der Waals surface area (Å²) in [5.74, 6) is 1.08. The molecule has 9 nitrogen and oxygen atoms in total. The van der Waals surface area contributed by atoms with Gasteiger partial charge in [0.05, 0.1) is 12.8 Å². The number of nitrogens with zero attached hydrogens (tertiary/aromatic N) is 5. The molecule has 0 fully saturated rings. The second-order valence-corrected chi connectivity index (χ2v) is 7.35. The summed E-state index contributed by atoms with van der Waals surface area (Å²) in [5.41, 5.74) is 4.18. The van der Waals surface area contributed by atoms with Crippen LogP contribution in [0.25, 0.3) is 11.2 Å². The Bertz CT molecular complexity index is 1260. The number of halogens is 1. The molecule has 2 aromatic heterocycles. The summed E-state index contributed by atoms with van der Waals surface area (Å²) in [4.78, 5) is 29.5. The van der Waals surface area contributed by atoms with Crippen molar-refractivity contribution in [1.29, 1.82) is 0 Å². The lowest BCUT2D eigenvalue weighted by molar-refractivity contribution is 0.415. The summed E-state index contributed by atoms with van der Waals surface area (Å²) in [6.45, 7) is 3.88. The van der Waals surface area contributed by atoms with Crippen LogP contribution >= 0.6 is 11.6 Å². The fraction of sp³-hybridized carbons (Fsp3) is 0.300. The topological polar surface area (TPSA) is 95.4 Å². The lowest BCUT2D eigenvalue weighted by atomic mass is 10.1. The van der Waals surface area contributed by atoms with E-state index in [1.54, 1.807) is 31.7 Å². The lowest BCUT2D eigenvalue weighted by Crippen LogP contribution is -2.37. The lowest BCUT2D eigenvalue weighted by Gasteiger charge is -2.08. The fourth-order valence-electron chi connectivity index (χ4n) is 2.96. The zero-order valence-electron chi connectivity index (χ0n) is 17.4. The molecule has 3 aromatic rings. The second-order valence-electron chi connectivity index (χ2n) is 6.75. The van der Waals surface area contributed by atoms with Crippen LogP contribution in [0.4, 0.5) is 5.95 Å². The van der Waals surface area contributed by atoms with E-state index in [0.717, 1.165) is 15.9 Å². The smallest absolute Gasteiger partial charge is 0.332 e. The standard InChI is InChI=1S/C20H23ClN6O3/c1-12(21)10-11-27-16-17(25(3)20(29)26(4)18(16)28)22-19(27)24-23-13(2)14-6-8-15(30-5)9-7-14/h6-10H,11H2,1-5H3,(H,22,24)/b12-10+,23-13+. The molecule has 2 heterocycles. The number of anilines is 1. The number of benzene rings is 1. The zero-order chi connectivity index (χ0) is 22.0. The highest BCUT2D eigenvalue weighted by atomic mass is 35.5. The summed E-state index contributed by atoms with van der Waals surface area (Å²) in [5, 5.41) is 4.97. The van der Waals surface area contributed by atoms with Gasteiger partial charge >= 0.3 is 5.69 Å². The summed E-state index contributed by atoms with van der Waals surface area (Å²) in [6.07, 6.45) is 1.75. The van der Waals surface area contributed by atoms with E-state index < -0.39 is 11.2 Å². The molecular formula is C20H23ClN6O3. The van der Waals surface area contributed by atoms with Crippen molar-refractivity contribution in [3.05, 3.63) is 61.8 Å². The average molecular weight is 431 g/mol. The van der Waals surface area contributed by atoms with Crippen molar-refractivity contribution < 1.29 is 4.74 Å². The number of allylic oxidation sites excluding steroid dienone is 2. The Kier molecular flexibility index (Phi) is 6.12. The molecule has 1 N–H and O–H groups in total. The van der Waals surface area contributed by atoms with E-state index in [9.17, 15) is 9.59 Å². The molecule has 0 unspecified atom stereocenters. The monoisotopic (exact) mass is 430 g/mol. The molecule has 0 aliphatic heterocycles. The molecule has 0 aliphatic rings. The van der Waals surface area contributed by atoms with Gasteiger partial charge in [-0.25, -0.2) is 10.2 Å². The summed E-state index contributed by atoms with van der Waals surface area (Å²) in [6, 6.07) is 7.47. The van der Waals surface area contributed by atoms with Gasteiger partial charge in [0.25, 0.3) is 5.56 Å². The maximum absolute atomic E-state index is 12.8. The zero-order valence-corrected chi connectivity index (χ0v) is 18.2. The van der Waals surface area contributed by atoms with E-state index in [2.05, 4.69) is 15.5 Å². The molecule has 0 atom stereocenters. The van der Waals surface area contributed by atoms with Crippen LogP contribution in [0.3, 0.4) is 0 Å². The Labute approximate surface area is 177 Å². The third kappa shape index (κ3) is 4.02. The van der Waals surface area contributed by atoms with Gasteiger partial charge in [-0.15, -0.1) is 0 Å². The first-order valence-corrected chi connectivity index (χ1v) is 9.55. The summed E-state index contributed by atoms with van der Waals surface area (Å²) in [7, 11) is 4.61. The van der Waals surface area contributed by atoms with E-state index in [4.69, 9.17) is 16.3 Å². The molecule has 30 heavy (non-hydrogen) atoms. The van der Waals surface area contributed by atoms with Gasteiger partial charge in [0.1, 0.15) is 5.75 Å². The van der Waals surface area contributed by atoms with Gasteiger partial charge in [-0.3, -0.25) is 18.5 Å². The number of methoxy groups -OCH3 is 1. The molecule has 1 aromatic carbocycles. The number of ether oxygens (including phenoxy) is 1. The predicted molar refractivity (Wildman–Crippen MR) is 119 cm³/mol. The van der Waals surface area contributed by atoms with E-state index in [-0.39, 0.29) is 11.2 Å². The maximum Gasteiger partial charge on any atom is 0.332 e. The first-order chi connectivity index (χ1) is 14.2. The van der Waals surface area contributed by atoms with Crippen molar-refractivity contribution in [3.63, 3.8) is 0 Å². The highest BCUT2D eigenvalue weighted by Crippen LogP contribution is 2.17. The van der Waals surface area contributed by atoms with E-state index in [1.165, 1.54) is 11.6 Å². The van der Waals surface area contributed by atoms with E-state index in [1.807, 2.05) is 31.2 Å². The van der Waals surface area contributed by atoms with Gasteiger partial charge in [0.15, 0.2) is 11.2 Å². The first-order valence-electron chi connectivity index (χ1n) is 9.17. The SMILES string of the molecule is COc1ccc(/C(C)=N/Nc2nc3c(c(=O)n(C)c(=O)n3C)n2C/C=C(\C)Cl)cc1. The normalized spacial score (nSPS) is 12.5. The number of aromatic nitrogens is 4. The second kappa shape index (κ2) is 8.58. The minimum Gasteiger partial charge on any atom is -0.497 e. The Morgan fingerprint density at radius 1 is 1.20 bits per heavy atom. The van der Waals surface area contributed by atoms with Crippen molar-refractivity contribution in [1.82, 2.24) is 18.7 Å². The molecule has 0 bridgehead atoms. The van der Waals surface area contributed by atoms with Gasteiger partial charge in [-0.1, -0.05) is 17.7 Å². The molecular weight excluding hydrogens is 408 g/mol. The molecule has 158 valence electrons. The number of aryl methyl sites for hydroxylation is 1. The van der Waals surface area contributed by atoms with Gasteiger partial charge in [-0.2, -0.15) is 10.1 Å². The number of hydrogen-bond donors (Lipinski definition) is 1. The van der Waals surface area contributed by atoms with Crippen LogP contribution < -0.4 is 21.4 Å². The van der Waals surface area contributed by atoms with Crippen LogP contribution in [0, 0.1) is 0 Å². The summed E-state index contributed by atoms with van der Waals surface area (Å²) >= 11 is 5.99. The molecule has 10 heteroatoms. The molecule has 0 aliphatic carbocycles. The number of hydrogen-bond acceptors (Lipinski definition) is 6. The first kappa shape index (κ1) is 21.4. The fourth-order valence-corrected chi connectivity index (χ4v) is 3.03. The Morgan fingerprint density at radius 2 is 1.87 bits per heavy atom. The summed E-state index contributed by atoms with van der Waals surface area (Å²) < 4.78 is 9.20. The number of fused-ring (bicyclic) bond motifs is 1. The van der Waals surface area contributed by atoms with Crippen molar-refractivity contribution >= 4 is 34.4 Å². The Morgan fingerprint density at radius 3 is 2.47 bits per heavy atom. The predicted octanol–water partition coefficient (Wildman–Crippen LogP) is 2.42. The van der Waals surface area contributed by atoms with Crippen molar-refractivity contribution in [3.8, 4) is 5.75 Å². The van der Waals surface area contributed by atoms with Gasteiger partial charge in [0, 0.05) is 25.7 Å². The van der Waals surface area contributed by atoms with Crippen molar-refractivity contribution in [2.24, 2.45) is 19.2 Å². The number of nitrogens with one attached hydrogen (secondary N) is 1. The molecule has 0 spiro atoms. The van der Waals surface area contributed by atoms with Crippen LogP contribution in [-0.2, 0) is 20.6 Å². The van der Waals surface area contributed by atoms with Crippen molar-refractivity contribution in [2.75, 3.05) is 12.5 Å². The number of rotatable bonds is 6. The van der Waals surface area contributed by atoms with Crippen LogP contribution in [0.15, 0.2) is 50.1 Å². The van der Waals surface area contributed by atoms with E-state index in [0.29, 0.717) is 23.2 Å². The quantitative estimate of drug-likeness (QED) is 0.478. The van der Waals surface area contributed by atoms with Gasteiger partial charge < -0.3 is 4.74 Å². The van der Waals surface area contributed by atoms with E-state index >= 15 is 0 Å². The van der Waals surface area contributed by atoms with Crippen LogP contribution in [0.1, 0.15) is 19.4 Å². The molecule has 0 saturated heterocycles. The van der Waals surface area contributed by atoms with Crippen LogP contribution in [-0.4, -0.2) is 31.5 Å².